The molecule has 2 aliphatic rings. The number of benzene rings is 1. The molecule has 0 fully saturated rings. The van der Waals surface area contributed by atoms with E-state index < -0.39 is 0 Å². The van der Waals surface area contributed by atoms with Crippen LogP contribution < -0.4 is 0 Å². The average Bonchev–Trinajstić information content (AvgIpc) is 2.77. The minimum absolute atomic E-state index is 0.205. The van der Waals surface area contributed by atoms with Gasteiger partial charge >= 0.3 is 0 Å². The minimum Gasteiger partial charge on any atom is -0.308 e. The lowest BCUT2D eigenvalue weighted by Gasteiger charge is -2.22. The molecule has 1 aliphatic heterocycles. The molecule has 1 aliphatic carbocycles. The number of thioether (sulfide) groups is 1. The second-order valence-corrected chi connectivity index (χ2v) is 6.00. The first kappa shape index (κ1) is 13.5. The largest absolute Gasteiger partial charge is 0.308 e. The summed E-state index contributed by atoms with van der Waals surface area (Å²) in [5.74, 6) is 0.205. The van der Waals surface area contributed by atoms with Gasteiger partial charge in [0, 0.05) is 12.2 Å². The lowest BCUT2D eigenvalue weighted by atomic mass is 9.99. The maximum atomic E-state index is 12.5. The fourth-order valence-electron chi connectivity index (χ4n) is 2.95. The van der Waals surface area contributed by atoms with E-state index in [1.165, 1.54) is 23.3 Å². The van der Waals surface area contributed by atoms with Crippen LogP contribution in [-0.2, 0) is 11.2 Å². The Hall–Kier alpha value is -1.48. The Morgan fingerprint density at radius 1 is 1.25 bits per heavy atom. The monoisotopic (exact) mass is 285 g/mol. The number of fused-ring (bicyclic) bond motifs is 1. The molecule has 1 aromatic carbocycles. The molecule has 3 heteroatoms. The van der Waals surface area contributed by atoms with Gasteiger partial charge in [-0.3, -0.25) is 4.79 Å². The Balaban J connectivity index is 1.78. The van der Waals surface area contributed by atoms with Crippen molar-refractivity contribution in [1.29, 1.82) is 0 Å². The van der Waals surface area contributed by atoms with E-state index in [1.807, 2.05) is 17.2 Å². The van der Waals surface area contributed by atoms with Crippen LogP contribution in [-0.4, -0.2) is 23.6 Å². The van der Waals surface area contributed by atoms with Crippen LogP contribution in [0.15, 0.2) is 52.6 Å². The smallest absolute Gasteiger partial charge is 0.265 e. The van der Waals surface area contributed by atoms with Gasteiger partial charge in [-0.2, -0.15) is 0 Å². The lowest BCUT2D eigenvalue weighted by molar-refractivity contribution is -0.123. The van der Waals surface area contributed by atoms with Gasteiger partial charge in [-0.1, -0.05) is 36.4 Å². The summed E-state index contributed by atoms with van der Waals surface area (Å²) in [5, 5.41) is 0. The van der Waals surface area contributed by atoms with E-state index in [-0.39, 0.29) is 5.91 Å². The molecule has 2 nitrogen and oxygen atoms in total. The highest BCUT2D eigenvalue weighted by Crippen LogP contribution is 2.40. The molecule has 3 rings (SSSR count). The SMILES string of the molecule is CSC1=C2CCCC=C2N(CCc2ccccc2)C1=O. The summed E-state index contributed by atoms with van der Waals surface area (Å²) < 4.78 is 0. The Bertz CT molecular complexity index is 574. The van der Waals surface area contributed by atoms with Crippen molar-refractivity contribution < 1.29 is 4.79 Å². The van der Waals surface area contributed by atoms with Gasteiger partial charge in [-0.05, 0) is 43.1 Å². The minimum atomic E-state index is 0.205. The summed E-state index contributed by atoms with van der Waals surface area (Å²) in [7, 11) is 0. The highest BCUT2D eigenvalue weighted by molar-refractivity contribution is 8.03. The third kappa shape index (κ3) is 2.42. The number of hydrogen-bond donors (Lipinski definition) is 0. The molecule has 0 saturated heterocycles. The van der Waals surface area contributed by atoms with Crippen molar-refractivity contribution in [3.05, 3.63) is 58.1 Å². The molecular weight excluding hydrogens is 266 g/mol. The third-order valence-corrected chi connectivity index (χ3v) is 4.78. The number of carbonyl (C=O) groups is 1. The molecule has 20 heavy (non-hydrogen) atoms. The average molecular weight is 285 g/mol. The molecule has 0 atom stereocenters. The number of carbonyl (C=O) groups excluding carboxylic acids is 1. The van der Waals surface area contributed by atoms with Crippen LogP contribution in [0.25, 0.3) is 0 Å². The predicted molar refractivity (Wildman–Crippen MR) is 84.3 cm³/mol. The second kappa shape index (κ2) is 5.88. The molecule has 0 N–H and O–H groups in total. The van der Waals surface area contributed by atoms with Crippen molar-refractivity contribution in [2.24, 2.45) is 0 Å². The van der Waals surface area contributed by atoms with Crippen molar-refractivity contribution in [3.8, 4) is 0 Å². The first-order valence-electron chi connectivity index (χ1n) is 7.14. The Kier molecular flexibility index (Phi) is 3.97. The van der Waals surface area contributed by atoms with Crippen LogP contribution >= 0.6 is 11.8 Å². The first-order valence-corrected chi connectivity index (χ1v) is 8.37. The van der Waals surface area contributed by atoms with E-state index in [0.29, 0.717) is 0 Å². The Labute approximate surface area is 124 Å². The second-order valence-electron chi connectivity index (χ2n) is 5.19. The fourth-order valence-corrected chi connectivity index (χ4v) is 3.69. The topological polar surface area (TPSA) is 20.3 Å². The zero-order valence-corrected chi connectivity index (χ0v) is 12.6. The zero-order chi connectivity index (χ0) is 13.9. The van der Waals surface area contributed by atoms with Crippen LogP contribution in [0.3, 0.4) is 0 Å². The van der Waals surface area contributed by atoms with Crippen LogP contribution in [0.2, 0.25) is 0 Å². The summed E-state index contributed by atoms with van der Waals surface area (Å²) in [6.45, 7) is 0.780. The normalized spacial score (nSPS) is 18.4. The number of amides is 1. The number of nitrogens with zero attached hydrogens (tertiary/aromatic N) is 1. The van der Waals surface area contributed by atoms with Crippen LogP contribution in [0, 0.1) is 0 Å². The van der Waals surface area contributed by atoms with E-state index >= 15 is 0 Å². The molecule has 0 saturated carbocycles. The van der Waals surface area contributed by atoms with E-state index in [9.17, 15) is 4.79 Å². The molecule has 0 bridgehead atoms. The highest BCUT2D eigenvalue weighted by atomic mass is 32.2. The molecule has 1 heterocycles. The van der Waals surface area contributed by atoms with Crippen molar-refractivity contribution in [2.45, 2.75) is 25.7 Å². The fraction of sp³-hybridized carbons (Fsp3) is 0.353. The van der Waals surface area contributed by atoms with Gasteiger partial charge in [0.25, 0.3) is 5.91 Å². The van der Waals surface area contributed by atoms with Crippen LogP contribution in [0.1, 0.15) is 24.8 Å². The number of allylic oxidation sites excluding steroid dienone is 2. The number of hydrogen-bond acceptors (Lipinski definition) is 2. The summed E-state index contributed by atoms with van der Waals surface area (Å²) in [6, 6.07) is 10.4. The van der Waals surface area contributed by atoms with E-state index in [2.05, 4.69) is 30.3 Å². The van der Waals surface area contributed by atoms with Gasteiger partial charge < -0.3 is 4.90 Å². The molecule has 0 spiro atoms. The molecule has 0 aromatic heterocycles. The molecular formula is C17H19NOS. The van der Waals surface area contributed by atoms with Crippen molar-refractivity contribution in [3.63, 3.8) is 0 Å². The van der Waals surface area contributed by atoms with Gasteiger partial charge in [-0.25, -0.2) is 0 Å². The van der Waals surface area contributed by atoms with Gasteiger partial charge in [0.1, 0.15) is 0 Å². The summed E-state index contributed by atoms with van der Waals surface area (Å²) in [5.41, 5.74) is 3.75. The Morgan fingerprint density at radius 3 is 2.80 bits per heavy atom. The quantitative estimate of drug-likeness (QED) is 0.839. The van der Waals surface area contributed by atoms with Gasteiger partial charge in [0.15, 0.2) is 0 Å². The zero-order valence-electron chi connectivity index (χ0n) is 11.8. The molecule has 0 radical (unpaired) electrons. The van der Waals surface area contributed by atoms with Crippen molar-refractivity contribution in [1.82, 2.24) is 4.90 Å². The van der Waals surface area contributed by atoms with E-state index in [4.69, 9.17) is 0 Å². The predicted octanol–water partition coefficient (Wildman–Crippen LogP) is 3.76. The summed E-state index contributed by atoms with van der Waals surface area (Å²) >= 11 is 1.60. The number of rotatable bonds is 4. The van der Waals surface area contributed by atoms with E-state index in [1.54, 1.807) is 11.8 Å². The van der Waals surface area contributed by atoms with Crippen LogP contribution in [0.4, 0.5) is 0 Å². The molecule has 0 unspecified atom stereocenters. The molecule has 1 aromatic rings. The maximum absolute atomic E-state index is 12.5. The summed E-state index contributed by atoms with van der Waals surface area (Å²) in [6.07, 6.45) is 8.48. The van der Waals surface area contributed by atoms with Gasteiger partial charge in [-0.15, -0.1) is 11.8 Å². The first-order chi connectivity index (χ1) is 9.81. The summed E-state index contributed by atoms with van der Waals surface area (Å²) in [4.78, 5) is 15.5. The molecule has 1 amide bonds. The van der Waals surface area contributed by atoms with Gasteiger partial charge in [0.05, 0.1) is 4.91 Å². The lowest BCUT2D eigenvalue weighted by Crippen LogP contribution is -2.28. The van der Waals surface area contributed by atoms with Crippen molar-refractivity contribution in [2.75, 3.05) is 12.8 Å². The Morgan fingerprint density at radius 2 is 2.05 bits per heavy atom. The van der Waals surface area contributed by atoms with Crippen molar-refractivity contribution >= 4 is 17.7 Å². The van der Waals surface area contributed by atoms with Gasteiger partial charge in [0.2, 0.25) is 0 Å². The van der Waals surface area contributed by atoms with Crippen LogP contribution in [0.5, 0.6) is 0 Å². The molecule has 104 valence electrons. The highest BCUT2D eigenvalue weighted by Gasteiger charge is 2.34. The van der Waals surface area contributed by atoms with E-state index in [0.717, 1.165) is 30.7 Å². The standard InChI is InChI=1S/C17H19NOS/c1-20-16-14-9-5-6-10-15(14)18(17(16)19)12-11-13-7-3-2-4-8-13/h2-4,7-8,10H,5-6,9,11-12H2,1H3. The third-order valence-electron chi connectivity index (χ3n) is 3.95. The maximum Gasteiger partial charge on any atom is 0.265 e.